The molecule has 2 rings (SSSR count). The van der Waals surface area contributed by atoms with Crippen molar-refractivity contribution in [1.82, 2.24) is 14.5 Å². The second-order valence-corrected chi connectivity index (χ2v) is 5.91. The van der Waals surface area contributed by atoms with Gasteiger partial charge in [0.25, 0.3) is 0 Å². The quantitative estimate of drug-likeness (QED) is 0.803. The van der Waals surface area contributed by atoms with Crippen LogP contribution >= 0.6 is 0 Å². The predicted molar refractivity (Wildman–Crippen MR) is 87.2 cm³/mol. The summed E-state index contributed by atoms with van der Waals surface area (Å²) in [7, 11) is 1.74. The van der Waals surface area contributed by atoms with Crippen LogP contribution in [0.1, 0.15) is 23.5 Å². The van der Waals surface area contributed by atoms with Crippen LogP contribution in [0, 0.1) is 13.8 Å². The number of aliphatic hydroxyl groups is 1. The molecule has 0 aliphatic rings. The van der Waals surface area contributed by atoms with Gasteiger partial charge in [0, 0.05) is 18.9 Å². The van der Waals surface area contributed by atoms with E-state index >= 15 is 0 Å². The highest BCUT2D eigenvalue weighted by atomic mass is 19.3. The van der Waals surface area contributed by atoms with Crippen molar-refractivity contribution in [2.75, 3.05) is 20.2 Å². The van der Waals surface area contributed by atoms with Crippen molar-refractivity contribution in [1.29, 1.82) is 0 Å². The molecule has 0 saturated carbocycles. The zero-order valence-electron chi connectivity index (χ0n) is 14.1. The smallest absolute Gasteiger partial charge is 0.319 e. The number of aliphatic hydroxyl groups excluding tert-OH is 1. The fourth-order valence-electron chi connectivity index (χ4n) is 2.57. The number of likely N-dealkylation sites (N-methyl/N-ethyl adjacent to an activating group) is 1. The van der Waals surface area contributed by atoms with Crippen LogP contribution in [0.4, 0.5) is 8.78 Å². The average molecular weight is 339 g/mol. The molecule has 1 aromatic heterocycles. The van der Waals surface area contributed by atoms with E-state index in [0.717, 1.165) is 21.4 Å². The SMILES string of the molecule is Cc1cccc(C)c1OCC(O)CN(C)Cc1nccn1C(F)F. The average Bonchev–Trinajstić information content (AvgIpc) is 2.94. The Labute approximate surface area is 140 Å². The maximum Gasteiger partial charge on any atom is 0.319 e. The molecule has 1 atom stereocenters. The molecule has 0 bridgehead atoms. The van der Waals surface area contributed by atoms with Crippen molar-refractivity contribution in [3.8, 4) is 5.75 Å². The molecule has 1 aromatic carbocycles. The minimum Gasteiger partial charge on any atom is -0.490 e. The van der Waals surface area contributed by atoms with Gasteiger partial charge >= 0.3 is 6.55 Å². The van der Waals surface area contributed by atoms with Gasteiger partial charge in [-0.25, -0.2) is 4.98 Å². The van der Waals surface area contributed by atoms with Gasteiger partial charge in [-0.2, -0.15) is 8.78 Å². The number of hydrogen-bond donors (Lipinski definition) is 1. The Balaban J connectivity index is 1.85. The molecule has 0 amide bonds. The van der Waals surface area contributed by atoms with E-state index in [1.807, 2.05) is 32.0 Å². The summed E-state index contributed by atoms with van der Waals surface area (Å²) in [6.07, 6.45) is 1.86. The maximum atomic E-state index is 12.8. The van der Waals surface area contributed by atoms with E-state index in [2.05, 4.69) is 4.98 Å². The standard InChI is InChI=1S/C17H23F2N3O2/c1-12-5-4-6-13(2)16(12)24-11-14(23)9-21(3)10-15-20-7-8-22(15)17(18)19/h4-8,14,17,23H,9-11H2,1-3H3. The van der Waals surface area contributed by atoms with Crippen LogP contribution in [-0.4, -0.2) is 45.9 Å². The van der Waals surface area contributed by atoms with E-state index in [-0.39, 0.29) is 19.0 Å². The minimum atomic E-state index is -2.62. The zero-order chi connectivity index (χ0) is 17.7. The lowest BCUT2D eigenvalue weighted by atomic mass is 10.1. The summed E-state index contributed by atoms with van der Waals surface area (Å²) < 4.78 is 32.1. The van der Waals surface area contributed by atoms with Crippen molar-refractivity contribution in [3.05, 3.63) is 47.5 Å². The number of aromatic nitrogens is 2. The first-order valence-corrected chi connectivity index (χ1v) is 7.74. The molecule has 5 nitrogen and oxygen atoms in total. The number of nitrogens with zero attached hydrogens (tertiary/aromatic N) is 3. The van der Waals surface area contributed by atoms with E-state index < -0.39 is 12.7 Å². The molecular formula is C17H23F2N3O2. The first-order chi connectivity index (χ1) is 11.4. The highest BCUT2D eigenvalue weighted by molar-refractivity contribution is 5.39. The second kappa shape index (κ2) is 8.21. The van der Waals surface area contributed by atoms with Gasteiger partial charge in [0.15, 0.2) is 0 Å². The lowest BCUT2D eigenvalue weighted by Crippen LogP contribution is -2.33. The Morgan fingerprint density at radius 1 is 1.29 bits per heavy atom. The molecule has 0 radical (unpaired) electrons. The van der Waals surface area contributed by atoms with Gasteiger partial charge in [0.1, 0.15) is 24.3 Å². The number of ether oxygens (including phenoxy) is 1. The number of aryl methyl sites for hydroxylation is 2. The van der Waals surface area contributed by atoms with E-state index in [9.17, 15) is 13.9 Å². The Kier molecular flexibility index (Phi) is 6.28. The van der Waals surface area contributed by atoms with Gasteiger partial charge in [0.05, 0.1) is 6.54 Å². The number of hydrogen-bond acceptors (Lipinski definition) is 4. The third-order valence-corrected chi connectivity index (χ3v) is 3.72. The molecule has 1 heterocycles. The summed E-state index contributed by atoms with van der Waals surface area (Å²) in [5.41, 5.74) is 2.02. The van der Waals surface area contributed by atoms with Crippen LogP contribution in [0.3, 0.4) is 0 Å². The predicted octanol–water partition coefficient (Wildman–Crippen LogP) is 2.77. The molecular weight excluding hydrogens is 316 g/mol. The molecule has 0 aliphatic heterocycles. The number of benzene rings is 1. The van der Waals surface area contributed by atoms with E-state index in [1.165, 1.54) is 12.4 Å². The van der Waals surface area contributed by atoms with Crippen LogP contribution in [0.25, 0.3) is 0 Å². The van der Waals surface area contributed by atoms with Crippen molar-refractivity contribution in [2.45, 2.75) is 33.0 Å². The number of alkyl halides is 2. The monoisotopic (exact) mass is 339 g/mol. The van der Waals surface area contributed by atoms with Crippen LogP contribution in [0.15, 0.2) is 30.6 Å². The number of imidazole rings is 1. The van der Waals surface area contributed by atoms with Gasteiger partial charge in [-0.3, -0.25) is 9.47 Å². The van der Waals surface area contributed by atoms with Crippen molar-refractivity contribution >= 4 is 0 Å². The number of rotatable bonds is 8. The van der Waals surface area contributed by atoms with E-state index in [4.69, 9.17) is 4.74 Å². The zero-order valence-corrected chi connectivity index (χ0v) is 14.1. The fourth-order valence-corrected chi connectivity index (χ4v) is 2.57. The summed E-state index contributed by atoms with van der Waals surface area (Å²) in [4.78, 5) is 5.67. The second-order valence-electron chi connectivity index (χ2n) is 5.91. The highest BCUT2D eigenvalue weighted by Crippen LogP contribution is 2.22. The molecule has 1 N–H and O–H groups in total. The molecule has 0 saturated heterocycles. The largest absolute Gasteiger partial charge is 0.490 e. The third kappa shape index (κ3) is 4.75. The molecule has 1 unspecified atom stereocenters. The molecule has 0 aliphatic carbocycles. The lowest BCUT2D eigenvalue weighted by Gasteiger charge is -2.21. The highest BCUT2D eigenvalue weighted by Gasteiger charge is 2.16. The molecule has 0 fully saturated rings. The normalized spacial score (nSPS) is 12.8. The van der Waals surface area contributed by atoms with Crippen molar-refractivity contribution < 1.29 is 18.6 Å². The maximum absolute atomic E-state index is 12.8. The Hall–Kier alpha value is -1.99. The van der Waals surface area contributed by atoms with Crippen LogP contribution < -0.4 is 4.74 Å². The number of halogens is 2. The fraction of sp³-hybridized carbons (Fsp3) is 0.471. The van der Waals surface area contributed by atoms with Crippen molar-refractivity contribution in [2.24, 2.45) is 0 Å². The van der Waals surface area contributed by atoms with Crippen LogP contribution in [-0.2, 0) is 6.54 Å². The van der Waals surface area contributed by atoms with Crippen LogP contribution in [0.2, 0.25) is 0 Å². The molecule has 132 valence electrons. The lowest BCUT2D eigenvalue weighted by molar-refractivity contribution is 0.0571. The number of para-hydroxylation sites is 1. The van der Waals surface area contributed by atoms with Gasteiger partial charge in [-0.05, 0) is 32.0 Å². The Bertz CT molecular complexity index is 641. The first kappa shape index (κ1) is 18.4. The third-order valence-electron chi connectivity index (χ3n) is 3.72. The van der Waals surface area contributed by atoms with Crippen LogP contribution in [0.5, 0.6) is 5.75 Å². The van der Waals surface area contributed by atoms with E-state index in [0.29, 0.717) is 6.54 Å². The summed E-state index contributed by atoms with van der Waals surface area (Å²) in [6.45, 7) is 1.93. The van der Waals surface area contributed by atoms with Gasteiger partial charge in [-0.1, -0.05) is 18.2 Å². The molecule has 7 heteroatoms. The van der Waals surface area contributed by atoms with E-state index in [1.54, 1.807) is 11.9 Å². The molecule has 0 spiro atoms. The summed E-state index contributed by atoms with van der Waals surface area (Å²) >= 11 is 0. The minimum absolute atomic E-state index is 0.138. The summed E-state index contributed by atoms with van der Waals surface area (Å²) in [6, 6.07) is 5.85. The summed E-state index contributed by atoms with van der Waals surface area (Å²) in [5.74, 6) is 1.03. The Morgan fingerprint density at radius 2 is 1.96 bits per heavy atom. The Morgan fingerprint density at radius 3 is 2.58 bits per heavy atom. The first-order valence-electron chi connectivity index (χ1n) is 7.74. The molecule has 24 heavy (non-hydrogen) atoms. The molecule has 2 aromatic rings. The van der Waals surface area contributed by atoms with Gasteiger partial charge in [-0.15, -0.1) is 0 Å². The van der Waals surface area contributed by atoms with Gasteiger partial charge in [0.2, 0.25) is 0 Å². The van der Waals surface area contributed by atoms with Crippen molar-refractivity contribution in [3.63, 3.8) is 0 Å². The van der Waals surface area contributed by atoms with Gasteiger partial charge < -0.3 is 9.84 Å². The topological polar surface area (TPSA) is 50.5 Å². The summed E-state index contributed by atoms with van der Waals surface area (Å²) in [5, 5.41) is 10.1.